The normalized spacial score (nSPS) is 12.5. The molecule has 1 atom stereocenters. The minimum atomic E-state index is -3.59. The van der Waals surface area contributed by atoms with Crippen LogP contribution in [0.3, 0.4) is 0 Å². The van der Waals surface area contributed by atoms with Gasteiger partial charge in [0.05, 0.1) is 53.9 Å². The van der Waals surface area contributed by atoms with Crippen LogP contribution >= 0.6 is 0 Å². The molecule has 143 heavy (non-hydrogen) atoms. The molecule has 40 heteroatoms. The fourth-order valence-electron chi connectivity index (χ4n) is 12.9. The van der Waals surface area contributed by atoms with Crippen molar-refractivity contribution in [2.45, 2.75) is 89.6 Å². The lowest BCUT2D eigenvalue weighted by molar-refractivity contribution is 0.569. The molecular formula is C103H120N10O20S10. The van der Waals surface area contributed by atoms with E-state index in [9.17, 15) is 84.2 Å². The zero-order valence-electron chi connectivity index (χ0n) is 80.9. The summed E-state index contributed by atoms with van der Waals surface area (Å²) in [5, 5.41) is 1.63. The average molecular weight is 2140 g/mol. The lowest BCUT2D eigenvalue weighted by Gasteiger charge is -2.24. The summed E-state index contributed by atoms with van der Waals surface area (Å²) in [7, 11) is -27.3. The molecule has 0 saturated carbocycles. The van der Waals surface area contributed by atoms with E-state index in [1.54, 1.807) is 212 Å². The van der Waals surface area contributed by atoms with Gasteiger partial charge in [-0.1, -0.05) is 303 Å². The van der Waals surface area contributed by atoms with Crippen LogP contribution in [-0.4, -0.2) is 131 Å². The third-order valence-electron chi connectivity index (χ3n) is 19.6. The second-order valence-electron chi connectivity index (χ2n) is 31.4. The maximum Gasteiger partial charge on any atom is 0.262 e. The Kier molecular flexibility index (Phi) is 47.2. The van der Waals surface area contributed by atoms with Gasteiger partial charge in [0.1, 0.15) is 0 Å². The predicted molar refractivity (Wildman–Crippen MR) is 576 cm³/mol. The number of anilines is 4. The largest absolute Gasteiger partial charge is 0.284 e. The standard InChI is InChI=1S/C18H15NO2S.C16H13NO2S.C15H19NO2S.C14H15NO2S.C12H11NO2S.C10H15NO2S.2C7H9NO2S.2C2H7NO2S/c20-22(21,19-17-9-5-2-6-10-17)18-13-11-16(12-14-18)15-7-3-1-4-8-15;18-20(19,17-14-9-2-1-3-10-14)16-12-6-8-13-7-4-5-11-15(13)16;1-11-9-12(2)15(13(3)10-11)16-19(17,18)14-7-5-4-6-8-14;16-18(17,12-14-9-5-2-6-10-14)15-11-13-7-3-1-4-8-13;14-16(15,12-9-5-2-6-10-12)13-11-7-3-1-4-8-11;1-7-5-8(2)10(9(3)6-7)14(12,13)11-4;1-11(9,10)8-7-5-3-2-4-6-7;1-8-11(9,10)7-5-3-2-4-6-7;2*1-3-6(2,4)5/h1-14,19H;1-12,17H;4-9,13,16H,10H2,1-3H3;1-10,15H,11-12H2;1-10,13H;5-6,11H,1-4H3;2*2-6,8H,1H3;2*3H,1-2H3. The summed E-state index contributed by atoms with van der Waals surface area (Å²) in [6.07, 6.45) is 6.27. The SMILES string of the molecule is CC1=CC(C)=C(NS(=O)(=O)c2ccccc2)C(C)C1.CNS(=O)(=O)c1c(C)cc(C)cc1C.CNS(=O)(=O)c1ccccc1.CNS(C)(=O)=O.CNS(C)(=O)=O.CS(=O)(=O)Nc1ccccc1.O=S(=O)(Cc1ccccc1)NCc1ccccc1.O=S(=O)(Nc1ccccc1)c1ccc(-c2ccccc2)cc1.O=S(=O)(Nc1ccccc1)c1cccc2ccccc12.O=S(=O)(Nc1ccccc1)c1ccccc1. The van der Waals surface area contributed by atoms with Crippen LogP contribution in [0.25, 0.3) is 21.9 Å². The smallest absolute Gasteiger partial charge is 0.262 e. The number of benzene rings is 14. The minimum absolute atomic E-state index is 0.0146. The second kappa shape index (κ2) is 56.8. The molecule has 1 unspecified atom stereocenters. The molecule has 0 saturated heterocycles. The van der Waals surface area contributed by atoms with Crippen molar-refractivity contribution in [3.8, 4) is 11.1 Å². The summed E-state index contributed by atoms with van der Waals surface area (Å²) in [4.78, 5) is 1.79. The molecule has 0 heterocycles. The average Bonchev–Trinajstić information content (AvgIpc) is 0.785. The van der Waals surface area contributed by atoms with Crippen molar-refractivity contribution < 1.29 is 84.2 Å². The van der Waals surface area contributed by atoms with Crippen molar-refractivity contribution in [3.63, 3.8) is 0 Å². The fourth-order valence-corrected chi connectivity index (χ4v) is 21.2. The molecule has 0 aliphatic heterocycles. The first-order valence-corrected chi connectivity index (χ1v) is 59.8. The molecule has 1 aliphatic rings. The first-order chi connectivity index (χ1) is 67.3. The first-order valence-electron chi connectivity index (χ1n) is 43.5. The number of allylic oxidation sites excluding steroid dienone is 4. The van der Waals surface area contributed by atoms with Crippen molar-refractivity contribution in [2.24, 2.45) is 5.92 Å². The number of hydrogen-bond acceptors (Lipinski definition) is 20. The van der Waals surface area contributed by atoms with Gasteiger partial charge in [-0.3, -0.25) is 23.6 Å². The topological polar surface area (TPSA) is 462 Å². The summed E-state index contributed by atoms with van der Waals surface area (Å²) in [6.45, 7) is 12.0. The molecule has 1 aliphatic carbocycles. The lowest BCUT2D eigenvalue weighted by atomic mass is 9.90. The third-order valence-corrected chi connectivity index (χ3v) is 31.7. The second-order valence-corrected chi connectivity index (χ2v) is 49.3. The number of sulfonamides is 10. The van der Waals surface area contributed by atoms with E-state index in [2.05, 4.69) is 54.1 Å². The Hall–Kier alpha value is -12.9. The maximum absolute atomic E-state index is 12.5. The van der Waals surface area contributed by atoms with Crippen LogP contribution in [0, 0.1) is 26.7 Å². The van der Waals surface area contributed by atoms with Gasteiger partial charge in [0, 0.05) is 46.3 Å². The lowest BCUT2D eigenvalue weighted by Crippen LogP contribution is -2.28. The van der Waals surface area contributed by atoms with E-state index < -0.39 is 100 Å². The van der Waals surface area contributed by atoms with Crippen molar-refractivity contribution in [3.05, 3.63) is 433 Å². The quantitative estimate of drug-likeness (QED) is 0.0241. The van der Waals surface area contributed by atoms with Gasteiger partial charge in [-0.15, -0.1) is 0 Å². The number of hydrogen-bond donors (Lipinski definition) is 10. The van der Waals surface area contributed by atoms with Crippen molar-refractivity contribution in [1.82, 2.24) is 28.3 Å². The third kappa shape index (κ3) is 43.9. The molecule has 0 amide bonds. The molecule has 10 N–H and O–H groups in total. The summed E-state index contributed by atoms with van der Waals surface area (Å²) >= 11 is 0. The molecule has 762 valence electrons. The van der Waals surface area contributed by atoms with E-state index in [0.29, 0.717) is 48.9 Å². The van der Waals surface area contributed by atoms with Gasteiger partial charge in [-0.25, -0.2) is 108 Å². The van der Waals surface area contributed by atoms with E-state index in [0.717, 1.165) is 86.2 Å². The van der Waals surface area contributed by atoms with Gasteiger partial charge in [-0.05, 0) is 217 Å². The van der Waals surface area contributed by atoms with E-state index in [1.165, 1.54) is 33.8 Å². The predicted octanol–water partition coefficient (Wildman–Crippen LogP) is 17.3. The number of nitrogens with one attached hydrogen (secondary N) is 10. The molecule has 0 radical (unpaired) electrons. The van der Waals surface area contributed by atoms with Gasteiger partial charge in [-0.2, -0.15) is 0 Å². The number of fused-ring (bicyclic) bond motifs is 1. The van der Waals surface area contributed by atoms with Crippen molar-refractivity contribution in [2.75, 3.05) is 65.8 Å². The highest BCUT2D eigenvalue weighted by molar-refractivity contribution is 7.94. The van der Waals surface area contributed by atoms with Crippen LogP contribution in [0.15, 0.2) is 434 Å². The summed E-state index contributed by atoms with van der Waals surface area (Å²) in [5.41, 5.74) is 11.8. The van der Waals surface area contributed by atoms with Crippen LogP contribution < -0.4 is 47.2 Å². The molecule has 0 bridgehead atoms. The van der Waals surface area contributed by atoms with Gasteiger partial charge < -0.3 is 0 Å². The summed E-state index contributed by atoms with van der Waals surface area (Å²) in [5.74, 6) is 0.212. The Balaban J connectivity index is 0.000000248. The van der Waals surface area contributed by atoms with E-state index in [-0.39, 0.29) is 21.5 Å². The molecule has 14 aromatic rings. The van der Waals surface area contributed by atoms with E-state index in [4.69, 9.17) is 0 Å². The summed E-state index contributed by atoms with van der Waals surface area (Å²) < 4.78 is 252. The molecule has 0 fully saturated rings. The van der Waals surface area contributed by atoms with Crippen LogP contribution in [0.2, 0.25) is 0 Å². The molecule has 0 aromatic heterocycles. The zero-order valence-corrected chi connectivity index (χ0v) is 89.1. The number of rotatable bonds is 26. The number of para-hydroxylation sites is 4. The van der Waals surface area contributed by atoms with Gasteiger partial charge in [0.15, 0.2) is 0 Å². The Labute approximate surface area is 844 Å². The van der Waals surface area contributed by atoms with Gasteiger partial charge in [0.2, 0.25) is 60.1 Å². The van der Waals surface area contributed by atoms with Crippen LogP contribution in [0.5, 0.6) is 0 Å². The first kappa shape index (κ1) is 119. The molecule has 0 spiro atoms. The Morgan fingerprint density at radius 1 is 0.287 bits per heavy atom. The van der Waals surface area contributed by atoms with Crippen LogP contribution in [0.4, 0.5) is 22.7 Å². The highest BCUT2D eigenvalue weighted by atomic mass is 32.2. The monoisotopic (exact) mass is 2140 g/mol. The van der Waals surface area contributed by atoms with Crippen LogP contribution in [0.1, 0.15) is 55.0 Å². The van der Waals surface area contributed by atoms with Crippen molar-refractivity contribution >= 4 is 134 Å². The Bertz CT molecular complexity index is 7630. The van der Waals surface area contributed by atoms with Crippen LogP contribution in [-0.2, 0) is 113 Å². The zero-order chi connectivity index (χ0) is 106. The summed E-state index contributed by atoms with van der Waals surface area (Å²) in [6, 6.07) is 112. The number of aryl methyl sites for hydroxylation is 3. The molecular weight excluding hydrogens is 2020 g/mol. The minimum Gasteiger partial charge on any atom is -0.284 e. The maximum atomic E-state index is 12.5. The van der Waals surface area contributed by atoms with Crippen molar-refractivity contribution in [1.29, 1.82) is 0 Å². The molecule has 30 nitrogen and oxygen atoms in total. The Morgan fingerprint density at radius 2 is 0.594 bits per heavy atom. The molecule has 15 rings (SSSR count). The van der Waals surface area contributed by atoms with E-state index >= 15 is 0 Å². The highest BCUT2D eigenvalue weighted by Gasteiger charge is 2.25. The van der Waals surface area contributed by atoms with Gasteiger partial charge >= 0.3 is 0 Å². The molecule has 14 aromatic carbocycles. The highest BCUT2D eigenvalue weighted by Crippen LogP contribution is 2.31. The van der Waals surface area contributed by atoms with E-state index in [1.807, 2.05) is 211 Å². The Morgan fingerprint density at radius 3 is 0.965 bits per heavy atom. The fraction of sp³-hybridized carbons (Fsp3) is 0.165. The van der Waals surface area contributed by atoms with Gasteiger partial charge in [0.25, 0.3) is 40.1 Å².